The summed E-state index contributed by atoms with van der Waals surface area (Å²) in [4.78, 5) is 10.3. The Labute approximate surface area is 166 Å². The molecular formula is C21H28BNO5. The fraction of sp³-hybridized carbons (Fsp3) is 0.524. The molecule has 1 aromatic rings. The van der Waals surface area contributed by atoms with Crippen LogP contribution in [0.4, 0.5) is 5.69 Å². The van der Waals surface area contributed by atoms with Crippen molar-refractivity contribution in [3.8, 4) is 0 Å². The molecule has 0 spiro atoms. The van der Waals surface area contributed by atoms with Crippen molar-refractivity contribution in [3.05, 3.63) is 63.1 Å². The molecule has 6 nitrogen and oxygen atoms in total. The van der Waals surface area contributed by atoms with Crippen LogP contribution < -0.4 is 0 Å². The third kappa shape index (κ3) is 4.37. The molecule has 150 valence electrons. The summed E-state index contributed by atoms with van der Waals surface area (Å²) in [5, 5.41) is 21.1. The van der Waals surface area contributed by atoms with Gasteiger partial charge in [-0.1, -0.05) is 17.7 Å². The number of hydrogen-bond donors (Lipinski definition) is 1. The summed E-state index contributed by atoms with van der Waals surface area (Å²) in [5.41, 5.74) is 2.52. The summed E-state index contributed by atoms with van der Waals surface area (Å²) < 4.78 is 12.2. The van der Waals surface area contributed by atoms with Crippen LogP contribution in [0, 0.1) is 10.1 Å². The number of aliphatic hydroxyl groups excluding tert-OH is 1. The summed E-state index contributed by atoms with van der Waals surface area (Å²) in [5.74, 6) is 0. The highest BCUT2D eigenvalue weighted by molar-refractivity contribution is 6.54. The summed E-state index contributed by atoms with van der Waals surface area (Å²) >= 11 is 0. The Bertz CT molecular complexity index is 782. The highest BCUT2D eigenvalue weighted by atomic mass is 16.7. The van der Waals surface area contributed by atoms with Crippen LogP contribution in [0.5, 0.6) is 0 Å². The predicted octanol–water partition coefficient (Wildman–Crippen LogP) is 4.69. The Morgan fingerprint density at radius 2 is 1.79 bits per heavy atom. The van der Waals surface area contributed by atoms with Gasteiger partial charge in [-0.15, -0.1) is 0 Å². The molecule has 1 aliphatic heterocycles. The normalized spacial score (nSPS) is 23.5. The lowest BCUT2D eigenvalue weighted by Gasteiger charge is -2.32. The molecule has 7 heteroatoms. The van der Waals surface area contributed by atoms with Gasteiger partial charge >= 0.3 is 7.12 Å². The second-order valence-electron chi connectivity index (χ2n) is 8.53. The van der Waals surface area contributed by atoms with E-state index >= 15 is 0 Å². The molecule has 28 heavy (non-hydrogen) atoms. The Hall–Kier alpha value is -1.96. The molecule has 1 fully saturated rings. The van der Waals surface area contributed by atoms with E-state index in [-0.39, 0.29) is 24.0 Å². The van der Waals surface area contributed by atoms with E-state index in [4.69, 9.17) is 9.31 Å². The van der Waals surface area contributed by atoms with Gasteiger partial charge in [-0.2, -0.15) is 0 Å². The maximum absolute atomic E-state index is 10.7. The van der Waals surface area contributed by atoms with Crippen molar-refractivity contribution in [2.24, 2.45) is 0 Å². The number of nitro groups is 1. The molecule has 2 aliphatic rings. The lowest BCUT2D eigenvalue weighted by Crippen LogP contribution is -2.41. The zero-order valence-electron chi connectivity index (χ0n) is 17.0. The van der Waals surface area contributed by atoms with Gasteiger partial charge < -0.3 is 14.4 Å². The molecule has 1 aliphatic carbocycles. The zero-order valence-corrected chi connectivity index (χ0v) is 17.0. The molecule has 1 N–H and O–H groups in total. The number of hydrogen-bond acceptors (Lipinski definition) is 5. The second kappa shape index (κ2) is 7.81. The van der Waals surface area contributed by atoms with Gasteiger partial charge in [0.1, 0.15) is 0 Å². The Morgan fingerprint density at radius 3 is 2.29 bits per heavy atom. The first-order valence-corrected chi connectivity index (χ1v) is 9.74. The fourth-order valence-corrected chi connectivity index (χ4v) is 3.40. The third-order valence-corrected chi connectivity index (χ3v) is 6.04. The van der Waals surface area contributed by atoms with E-state index < -0.39 is 11.0 Å². The van der Waals surface area contributed by atoms with Gasteiger partial charge in [-0.25, -0.2) is 0 Å². The van der Waals surface area contributed by atoms with Crippen LogP contribution in [-0.4, -0.2) is 28.4 Å². The van der Waals surface area contributed by atoms with E-state index in [2.05, 4.69) is 39.8 Å². The number of nitrogens with zero attached hydrogens (tertiary/aromatic N) is 1. The van der Waals surface area contributed by atoms with Gasteiger partial charge in [-0.05, 0) is 76.5 Å². The van der Waals surface area contributed by atoms with E-state index in [9.17, 15) is 15.2 Å². The van der Waals surface area contributed by atoms with Crippen molar-refractivity contribution in [1.82, 2.24) is 0 Å². The smallest absolute Gasteiger partial charge is 0.400 e. The van der Waals surface area contributed by atoms with Gasteiger partial charge in [0.05, 0.1) is 22.2 Å². The first kappa shape index (κ1) is 20.8. The molecule has 1 saturated heterocycles. The molecule has 0 saturated carbocycles. The topological polar surface area (TPSA) is 81.8 Å². The van der Waals surface area contributed by atoms with E-state index in [1.165, 1.54) is 23.2 Å². The van der Waals surface area contributed by atoms with Crippen LogP contribution >= 0.6 is 0 Å². The quantitative estimate of drug-likeness (QED) is 0.344. The highest BCUT2D eigenvalue weighted by Crippen LogP contribution is 2.40. The Morgan fingerprint density at radius 1 is 1.18 bits per heavy atom. The molecule has 1 unspecified atom stereocenters. The van der Waals surface area contributed by atoms with Gasteiger partial charge in [0.25, 0.3) is 5.69 Å². The Kier molecular flexibility index (Phi) is 5.80. The van der Waals surface area contributed by atoms with Crippen LogP contribution in [0.25, 0.3) is 0 Å². The average Bonchev–Trinajstić information content (AvgIpc) is 2.87. The monoisotopic (exact) mass is 385 g/mol. The minimum atomic E-state index is -0.665. The van der Waals surface area contributed by atoms with Crippen molar-refractivity contribution in [2.75, 3.05) is 0 Å². The van der Waals surface area contributed by atoms with E-state index in [1.54, 1.807) is 12.1 Å². The molecule has 1 heterocycles. The SMILES string of the molecule is CC1(C)OB(C2=CC/C(=C\CC(O)c3ccc([N+](=O)[O-])cc3)CC2)OC1(C)C. The summed E-state index contributed by atoms with van der Waals surface area (Å²) in [6, 6.07) is 6.06. The van der Waals surface area contributed by atoms with Gasteiger partial charge in [0.15, 0.2) is 0 Å². The molecule has 0 amide bonds. The standard InChI is InChI=1S/C21H28BNO5/c1-20(2)21(3,4)28-22(27-20)17-10-5-15(6-11-17)7-14-19(24)16-8-12-18(13-9-16)23(25)26/h7-10,12-13,19,24H,5-6,11,14H2,1-4H3/b15-7+. The molecular weight excluding hydrogens is 357 g/mol. The van der Waals surface area contributed by atoms with Crippen molar-refractivity contribution in [2.45, 2.75) is 70.7 Å². The number of aliphatic hydroxyl groups is 1. The van der Waals surface area contributed by atoms with Crippen molar-refractivity contribution >= 4 is 12.8 Å². The largest absolute Gasteiger partial charge is 0.490 e. The zero-order chi connectivity index (χ0) is 20.5. The van der Waals surface area contributed by atoms with Crippen LogP contribution in [-0.2, 0) is 9.31 Å². The maximum atomic E-state index is 10.7. The van der Waals surface area contributed by atoms with Crippen LogP contribution in [0.15, 0.2) is 47.5 Å². The van der Waals surface area contributed by atoms with Crippen molar-refractivity contribution in [3.63, 3.8) is 0 Å². The lowest BCUT2D eigenvalue weighted by atomic mass is 9.71. The molecule has 0 bridgehead atoms. The van der Waals surface area contributed by atoms with Crippen molar-refractivity contribution in [1.29, 1.82) is 0 Å². The molecule has 1 aromatic carbocycles. The molecule has 0 aromatic heterocycles. The van der Waals surface area contributed by atoms with Gasteiger partial charge in [0.2, 0.25) is 0 Å². The summed E-state index contributed by atoms with van der Waals surface area (Å²) in [6.07, 6.45) is 6.71. The number of benzene rings is 1. The van der Waals surface area contributed by atoms with Crippen molar-refractivity contribution < 1.29 is 19.3 Å². The van der Waals surface area contributed by atoms with E-state index in [0.717, 1.165) is 19.3 Å². The lowest BCUT2D eigenvalue weighted by molar-refractivity contribution is -0.384. The van der Waals surface area contributed by atoms with E-state index in [0.29, 0.717) is 12.0 Å². The molecule has 0 radical (unpaired) electrons. The third-order valence-electron chi connectivity index (χ3n) is 6.04. The highest BCUT2D eigenvalue weighted by Gasteiger charge is 2.52. The van der Waals surface area contributed by atoms with Gasteiger partial charge in [0, 0.05) is 12.1 Å². The number of rotatable bonds is 5. The molecule has 1 atom stereocenters. The van der Waals surface area contributed by atoms with Crippen LogP contribution in [0.1, 0.15) is 65.0 Å². The van der Waals surface area contributed by atoms with E-state index in [1.807, 2.05) is 0 Å². The summed E-state index contributed by atoms with van der Waals surface area (Å²) in [7, 11) is -0.280. The van der Waals surface area contributed by atoms with Gasteiger partial charge in [-0.3, -0.25) is 10.1 Å². The first-order valence-electron chi connectivity index (χ1n) is 9.74. The maximum Gasteiger partial charge on any atom is 0.490 e. The molecule has 3 rings (SSSR count). The fourth-order valence-electron chi connectivity index (χ4n) is 3.40. The number of non-ortho nitro benzene ring substituents is 1. The predicted molar refractivity (Wildman–Crippen MR) is 109 cm³/mol. The Balaban J connectivity index is 1.57. The minimum absolute atomic E-state index is 0.0296. The number of allylic oxidation sites excluding steroid dienone is 3. The van der Waals surface area contributed by atoms with Crippen LogP contribution in [0.3, 0.4) is 0 Å². The number of nitro benzene ring substituents is 1. The van der Waals surface area contributed by atoms with Crippen LogP contribution in [0.2, 0.25) is 0 Å². The second-order valence-corrected chi connectivity index (χ2v) is 8.53. The summed E-state index contributed by atoms with van der Waals surface area (Å²) in [6.45, 7) is 8.23. The average molecular weight is 385 g/mol. The first-order chi connectivity index (χ1) is 13.1. The minimum Gasteiger partial charge on any atom is -0.400 e.